The number of halogens is 2. The van der Waals surface area contributed by atoms with Gasteiger partial charge in [-0.3, -0.25) is 4.79 Å². The molecule has 0 aliphatic rings. The van der Waals surface area contributed by atoms with Gasteiger partial charge in [0.2, 0.25) is 0 Å². The summed E-state index contributed by atoms with van der Waals surface area (Å²) >= 11 is 8.11. The van der Waals surface area contributed by atoms with Gasteiger partial charge in [0.25, 0.3) is 0 Å². The molecule has 0 aliphatic carbocycles. The molecule has 0 saturated heterocycles. The average molecular weight is 506 g/mol. The SMILES string of the molecule is COc1ccc(COCCC(=O)COc2c(I)cc(C(C)O)nc2Cl)cc1. The molecule has 1 atom stereocenters. The van der Waals surface area contributed by atoms with E-state index in [-0.39, 0.29) is 24.0 Å². The van der Waals surface area contributed by atoms with Crippen molar-refractivity contribution in [3.05, 3.63) is 50.3 Å². The molecule has 8 heteroatoms. The van der Waals surface area contributed by atoms with Gasteiger partial charge < -0.3 is 19.3 Å². The molecule has 6 nitrogen and oxygen atoms in total. The number of ether oxygens (including phenoxy) is 3. The first-order chi connectivity index (χ1) is 12.9. The van der Waals surface area contributed by atoms with E-state index in [9.17, 15) is 9.90 Å². The van der Waals surface area contributed by atoms with Crippen molar-refractivity contribution in [3.63, 3.8) is 0 Å². The number of benzene rings is 1. The van der Waals surface area contributed by atoms with Gasteiger partial charge in [0, 0.05) is 6.42 Å². The molecule has 0 aliphatic heterocycles. The van der Waals surface area contributed by atoms with E-state index >= 15 is 0 Å². The standard InChI is InChI=1S/C19H21ClINO5/c1-12(23)17-9-16(21)18(19(20)22-17)27-11-14(24)7-8-26-10-13-3-5-15(25-2)6-4-13/h3-6,9,12,23H,7-8,10-11H2,1-2H3. The van der Waals surface area contributed by atoms with Crippen molar-refractivity contribution in [1.29, 1.82) is 0 Å². The number of methoxy groups -OCH3 is 1. The number of aliphatic hydroxyl groups is 1. The number of ketones is 1. The second kappa shape index (κ2) is 10.8. The Balaban J connectivity index is 1.74. The zero-order valence-electron chi connectivity index (χ0n) is 15.1. The van der Waals surface area contributed by atoms with E-state index in [0.29, 0.717) is 28.2 Å². The lowest BCUT2D eigenvalue weighted by Gasteiger charge is -2.12. The molecule has 2 rings (SSSR count). The highest BCUT2D eigenvalue weighted by Crippen LogP contribution is 2.30. The van der Waals surface area contributed by atoms with Crippen LogP contribution in [0.4, 0.5) is 0 Å². The molecule has 0 saturated carbocycles. The molecule has 1 N–H and O–H groups in total. The second-order valence-electron chi connectivity index (χ2n) is 5.80. The highest BCUT2D eigenvalue weighted by atomic mass is 127. The third-order valence-electron chi connectivity index (χ3n) is 3.66. The summed E-state index contributed by atoms with van der Waals surface area (Å²) in [6.45, 7) is 2.22. The fourth-order valence-electron chi connectivity index (χ4n) is 2.16. The number of carbonyl (C=O) groups excluding carboxylic acids is 1. The molecule has 1 aromatic heterocycles. The summed E-state index contributed by atoms with van der Waals surface area (Å²) in [4.78, 5) is 16.1. The van der Waals surface area contributed by atoms with E-state index in [1.165, 1.54) is 0 Å². The van der Waals surface area contributed by atoms with Crippen molar-refractivity contribution in [3.8, 4) is 11.5 Å². The molecule has 0 bridgehead atoms. The minimum absolute atomic E-state index is 0.101. The van der Waals surface area contributed by atoms with E-state index in [4.69, 9.17) is 25.8 Å². The maximum atomic E-state index is 12.0. The first-order valence-electron chi connectivity index (χ1n) is 8.30. The lowest BCUT2D eigenvalue weighted by molar-refractivity contribution is -0.122. The van der Waals surface area contributed by atoms with E-state index < -0.39 is 6.10 Å². The summed E-state index contributed by atoms with van der Waals surface area (Å²) in [5.41, 5.74) is 1.46. The van der Waals surface area contributed by atoms with Gasteiger partial charge in [-0.1, -0.05) is 23.7 Å². The fourth-order valence-corrected chi connectivity index (χ4v) is 3.30. The number of hydrogen-bond acceptors (Lipinski definition) is 6. The van der Waals surface area contributed by atoms with Crippen LogP contribution in [-0.2, 0) is 16.1 Å². The Morgan fingerprint density at radius 3 is 2.63 bits per heavy atom. The summed E-state index contributed by atoms with van der Waals surface area (Å²) in [5, 5.41) is 9.70. The third kappa shape index (κ3) is 6.91. The first-order valence-corrected chi connectivity index (χ1v) is 9.75. The van der Waals surface area contributed by atoms with Gasteiger partial charge in [0.05, 0.1) is 35.7 Å². The van der Waals surface area contributed by atoms with Gasteiger partial charge in [-0.25, -0.2) is 4.98 Å². The number of hydrogen-bond donors (Lipinski definition) is 1. The Morgan fingerprint density at radius 1 is 1.33 bits per heavy atom. The van der Waals surface area contributed by atoms with Crippen molar-refractivity contribution in [2.45, 2.75) is 26.1 Å². The van der Waals surface area contributed by atoms with Crippen LogP contribution in [0.2, 0.25) is 5.15 Å². The molecular weight excluding hydrogens is 485 g/mol. The summed E-state index contributed by atoms with van der Waals surface area (Å²) < 4.78 is 16.8. The Hall–Kier alpha value is -1.42. The van der Waals surface area contributed by atoms with Crippen LogP contribution in [0.5, 0.6) is 11.5 Å². The van der Waals surface area contributed by atoms with Crippen LogP contribution in [0, 0.1) is 3.57 Å². The highest BCUT2D eigenvalue weighted by molar-refractivity contribution is 14.1. The Morgan fingerprint density at radius 2 is 2.04 bits per heavy atom. The number of nitrogens with zero attached hydrogens (tertiary/aromatic N) is 1. The smallest absolute Gasteiger partial charge is 0.172 e. The maximum Gasteiger partial charge on any atom is 0.172 e. The molecular formula is C19H21ClINO5. The molecule has 146 valence electrons. The average Bonchev–Trinajstić information content (AvgIpc) is 2.64. The van der Waals surface area contributed by atoms with E-state index in [2.05, 4.69) is 4.98 Å². The molecule has 1 unspecified atom stereocenters. The van der Waals surface area contributed by atoms with Crippen LogP contribution < -0.4 is 9.47 Å². The van der Waals surface area contributed by atoms with Gasteiger partial charge in [0.15, 0.2) is 16.7 Å². The minimum atomic E-state index is -0.727. The van der Waals surface area contributed by atoms with Gasteiger partial charge in [-0.15, -0.1) is 0 Å². The predicted molar refractivity (Wildman–Crippen MR) is 110 cm³/mol. The number of Topliss-reactive ketones (excluding diaryl/α,β-unsaturated/α-hetero) is 1. The number of carbonyl (C=O) groups is 1. The zero-order chi connectivity index (χ0) is 19.8. The Kier molecular flexibility index (Phi) is 8.75. The lowest BCUT2D eigenvalue weighted by Crippen LogP contribution is -2.15. The number of aliphatic hydroxyl groups excluding tert-OH is 1. The van der Waals surface area contributed by atoms with E-state index in [1.807, 2.05) is 46.9 Å². The van der Waals surface area contributed by atoms with Crippen LogP contribution >= 0.6 is 34.2 Å². The van der Waals surface area contributed by atoms with Crippen molar-refractivity contribution < 1.29 is 24.1 Å². The highest BCUT2D eigenvalue weighted by Gasteiger charge is 2.15. The largest absolute Gasteiger partial charge is 0.497 e. The summed E-state index contributed by atoms with van der Waals surface area (Å²) in [6, 6.07) is 9.23. The van der Waals surface area contributed by atoms with E-state index in [1.54, 1.807) is 20.1 Å². The topological polar surface area (TPSA) is 77.9 Å². The molecule has 2 aromatic rings. The summed E-state index contributed by atoms with van der Waals surface area (Å²) in [6.07, 6.45) is -0.488. The zero-order valence-corrected chi connectivity index (χ0v) is 18.0. The van der Waals surface area contributed by atoms with Gasteiger partial charge in [-0.2, -0.15) is 0 Å². The number of pyridine rings is 1. The normalized spacial score (nSPS) is 11.9. The lowest BCUT2D eigenvalue weighted by atomic mass is 10.2. The van der Waals surface area contributed by atoms with Crippen molar-refractivity contribution in [2.75, 3.05) is 20.3 Å². The molecule has 0 fully saturated rings. The third-order valence-corrected chi connectivity index (χ3v) is 4.72. The fraction of sp³-hybridized carbons (Fsp3) is 0.368. The summed E-state index contributed by atoms with van der Waals surface area (Å²) in [5.74, 6) is 1.03. The Labute approximate surface area is 176 Å². The number of rotatable bonds is 10. The van der Waals surface area contributed by atoms with Gasteiger partial charge >= 0.3 is 0 Å². The number of aromatic nitrogens is 1. The first kappa shape index (κ1) is 21.9. The maximum absolute atomic E-state index is 12.0. The van der Waals surface area contributed by atoms with Gasteiger partial charge in [0.1, 0.15) is 12.4 Å². The summed E-state index contributed by atoms with van der Waals surface area (Å²) in [7, 11) is 1.62. The second-order valence-corrected chi connectivity index (χ2v) is 7.32. The Bertz CT molecular complexity index is 744. The van der Waals surface area contributed by atoms with Crippen LogP contribution in [0.25, 0.3) is 0 Å². The van der Waals surface area contributed by atoms with Crippen LogP contribution in [0.3, 0.4) is 0 Å². The van der Waals surface area contributed by atoms with E-state index in [0.717, 1.165) is 11.3 Å². The minimum Gasteiger partial charge on any atom is -0.497 e. The van der Waals surface area contributed by atoms with Crippen LogP contribution in [0.1, 0.15) is 30.7 Å². The van der Waals surface area contributed by atoms with Crippen molar-refractivity contribution in [2.24, 2.45) is 0 Å². The predicted octanol–water partition coefficient (Wildman–Crippen LogP) is 3.96. The molecule has 1 heterocycles. The monoisotopic (exact) mass is 505 g/mol. The molecule has 27 heavy (non-hydrogen) atoms. The van der Waals surface area contributed by atoms with Crippen LogP contribution in [0.15, 0.2) is 30.3 Å². The quantitative estimate of drug-likeness (QED) is 0.299. The molecule has 0 spiro atoms. The van der Waals surface area contributed by atoms with Crippen molar-refractivity contribution in [1.82, 2.24) is 4.98 Å². The molecule has 1 aromatic carbocycles. The molecule has 0 amide bonds. The molecule has 0 radical (unpaired) electrons. The van der Waals surface area contributed by atoms with Gasteiger partial charge in [-0.05, 0) is 53.3 Å². The van der Waals surface area contributed by atoms with Crippen LogP contribution in [-0.4, -0.2) is 36.2 Å². The van der Waals surface area contributed by atoms with Crippen molar-refractivity contribution >= 4 is 40.0 Å².